The Morgan fingerprint density at radius 2 is 1.53 bits per heavy atom. The molecule has 6 nitrogen and oxygen atoms in total. The average molecular weight is 433 g/mol. The summed E-state index contributed by atoms with van der Waals surface area (Å²) in [6.07, 6.45) is 1.10. The summed E-state index contributed by atoms with van der Waals surface area (Å²) in [5.41, 5.74) is 2.95. The Labute approximate surface area is 188 Å². The van der Waals surface area contributed by atoms with Gasteiger partial charge in [0, 0.05) is 30.0 Å². The van der Waals surface area contributed by atoms with E-state index in [1.54, 1.807) is 48.5 Å². The Balaban J connectivity index is 1.48. The third kappa shape index (κ3) is 7.56. The fraction of sp³-hybridized carbons (Fsp3) is 0.231. The van der Waals surface area contributed by atoms with Crippen molar-refractivity contribution in [1.82, 2.24) is 0 Å². The minimum Gasteiger partial charge on any atom is -0.491 e. The number of ether oxygens (including phenoxy) is 2. The molecule has 2 amide bonds. The van der Waals surface area contributed by atoms with Crippen molar-refractivity contribution in [3.05, 3.63) is 90.0 Å². The van der Waals surface area contributed by atoms with Gasteiger partial charge < -0.3 is 20.1 Å². The molecule has 2 N–H and O–H groups in total. The van der Waals surface area contributed by atoms with Crippen LogP contribution in [0.2, 0.25) is 0 Å². The molecule has 0 atom stereocenters. The molecule has 0 aliphatic carbocycles. The van der Waals surface area contributed by atoms with Gasteiger partial charge in [-0.3, -0.25) is 9.59 Å². The molecular weight excluding hydrogens is 404 g/mol. The van der Waals surface area contributed by atoms with Gasteiger partial charge in [-0.25, -0.2) is 0 Å². The van der Waals surface area contributed by atoms with Crippen molar-refractivity contribution in [3.63, 3.8) is 0 Å². The van der Waals surface area contributed by atoms with E-state index in [4.69, 9.17) is 9.47 Å². The highest BCUT2D eigenvalue weighted by Gasteiger charge is 2.08. The first-order valence-corrected chi connectivity index (χ1v) is 10.7. The molecule has 3 aromatic rings. The van der Waals surface area contributed by atoms with Gasteiger partial charge in [0.15, 0.2) is 0 Å². The standard InChI is InChI=1S/C26H28N2O4/c1-2-31-17-18-32-24-10-6-9-21(19-24)26(30)28-23-14-12-22(13-15-23)27-25(29)16-11-20-7-4-3-5-8-20/h3-10,12-15,19H,2,11,16-18H2,1H3,(H,27,29)(H,28,30). The van der Waals surface area contributed by atoms with Crippen molar-refractivity contribution < 1.29 is 19.1 Å². The normalized spacial score (nSPS) is 10.4. The van der Waals surface area contributed by atoms with E-state index in [2.05, 4.69) is 10.6 Å². The van der Waals surface area contributed by atoms with Crippen molar-refractivity contribution >= 4 is 23.2 Å². The van der Waals surface area contributed by atoms with Crippen LogP contribution in [0.25, 0.3) is 0 Å². The van der Waals surface area contributed by atoms with Crippen LogP contribution < -0.4 is 15.4 Å². The second-order valence-electron chi connectivity index (χ2n) is 7.14. The molecule has 0 heterocycles. The van der Waals surface area contributed by atoms with Gasteiger partial charge >= 0.3 is 0 Å². The molecule has 32 heavy (non-hydrogen) atoms. The van der Waals surface area contributed by atoms with Gasteiger partial charge in [0.2, 0.25) is 5.91 Å². The van der Waals surface area contributed by atoms with Crippen LogP contribution in [-0.4, -0.2) is 31.6 Å². The van der Waals surface area contributed by atoms with Crippen molar-refractivity contribution in [2.45, 2.75) is 19.8 Å². The van der Waals surface area contributed by atoms with Crippen LogP contribution in [-0.2, 0) is 16.0 Å². The maximum Gasteiger partial charge on any atom is 0.255 e. The number of benzene rings is 3. The molecule has 0 aliphatic heterocycles. The summed E-state index contributed by atoms with van der Waals surface area (Å²) in [5, 5.41) is 5.74. The Hall–Kier alpha value is -3.64. The molecule has 3 rings (SSSR count). The Bertz CT molecular complexity index is 1000. The van der Waals surface area contributed by atoms with Crippen molar-refractivity contribution in [2.75, 3.05) is 30.5 Å². The van der Waals surface area contributed by atoms with Crippen LogP contribution in [0.3, 0.4) is 0 Å². The first-order valence-electron chi connectivity index (χ1n) is 10.7. The molecule has 0 radical (unpaired) electrons. The zero-order valence-electron chi connectivity index (χ0n) is 18.2. The lowest BCUT2D eigenvalue weighted by Gasteiger charge is -2.10. The summed E-state index contributed by atoms with van der Waals surface area (Å²) >= 11 is 0. The lowest BCUT2D eigenvalue weighted by molar-refractivity contribution is -0.116. The number of rotatable bonds is 11. The SMILES string of the molecule is CCOCCOc1cccc(C(=O)Nc2ccc(NC(=O)CCc3ccccc3)cc2)c1. The molecule has 0 fully saturated rings. The van der Waals surface area contributed by atoms with E-state index in [-0.39, 0.29) is 11.8 Å². The summed E-state index contributed by atoms with van der Waals surface area (Å²) in [6.45, 7) is 3.50. The minimum atomic E-state index is -0.236. The van der Waals surface area contributed by atoms with Crippen LogP contribution in [0.15, 0.2) is 78.9 Å². The Kier molecular flexibility index (Phi) is 8.83. The number of carbonyl (C=O) groups excluding carboxylic acids is 2. The van der Waals surface area contributed by atoms with E-state index < -0.39 is 0 Å². The molecule has 0 aromatic heterocycles. The largest absolute Gasteiger partial charge is 0.491 e. The van der Waals surface area contributed by atoms with Gasteiger partial charge in [-0.15, -0.1) is 0 Å². The third-order valence-electron chi connectivity index (χ3n) is 4.71. The first kappa shape index (κ1) is 23.0. The molecular formula is C26H28N2O4. The first-order chi connectivity index (χ1) is 15.6. The second-order valence-corrected chi connectivity index (χ2v) is 7.14. The fourth-order valence-corrected chi connectivity index (χ4v) is 3.06. The fourth-order valence-electron chi connectivity index (χ4n) is 3.06. The zero-order chi connectivity index (χ0) is 22.6. The van der Waals surface area contributed by atoms with E-state index in [1.807, 2.05) is 37.3 Å². The van der Waals surface area contributed by atoms with Crippen LogP contribution >= 0.6 is 0 Å². The summed E-state index contributed by atoms with van der Waals surface area (Å²) in [6, 6.07) is 24.0. The van der Waals surface area contributed by atoms with Crippen molar-refractivity contribution in [1.29, 1.82) is 0 Å². The number of carbonyl (C=O) groups is 2. The summed E-state index contributed by atoms with van der Waals surface area (Å²) < 4.78 is 10.9. The highest BCUT2D eigenvalue weighted by molar-refractivity contribution is 6.04. The average Bonchev–Trinajstić information content (AvgIpc) is 2.83. The van der Waals surface area contributed by atoms with Gasteiger partial charge in [0.25, 0.3) is 5.91 Å². The van der Waals surface area contributed by atoms with E-state index >= 15 is 0 Å². The number of aryl methyl sites for hydroxylation is 1. The van der Waals surface area contributed by atoms with E-state index in [1.165, 1.54) is 0 Å². The Morgan fingerprint density at radius 3 is 2.25 bits per heavy atom. The summed E-state index contributed by atoms with van der Waals surface area (Å²) in [4.78, 5) is 24.7. The van der Waals surface area contributed by atoms with Gasteiger partial charge in [-0.2, -0.15) is 0 Å². The molecule has 6 heteroatoms. The lowest BCUT2D eigenvalue weighted by atomic mass is 10.1. The quantitative estimate of drug-likeness (QED) is 0.422. The van der Waals surface area contributed by atoms with Gasteiger partial charge in [-0.05, 0) is 61.4 Å². The van der Waals surface area contributed by atoms with Crippen molar-refractivity contribution in [2.24, 2.45) is 0 Å². The highest BCUT2D eigenvalue weighted by atomic mass is 16.5. The molecule has 0 saturated heterocycles. The smallest absolute Gasteiger partial charge is 0.255 e. The minimum absolute atomic E-state index is 0.0493. The van der Waals surface area contributed by atoms with E-state index in [9.17, 15) is 9.59 Å². The topological polar surface area (TPSA) is 76.7 Å². The van der Waals surface area contributed by atoms with Gasteiger partial charge in [-0.1, -0.05) is 36.4 Å². The highest BCUT2D eigenvalue weighted by Crippen LogP contribution is 2.18. The van der Waals surface area contributed by atoms with Gasteiger partial charge in [0.05, 0.1) is 6.61 Å². The second kappa shape index (κ2) is 12.3. The number of nitrogens with one attached hydrogen (secondary N) is 2. The predicted octanol–water partition coefficient (Wildman–Crippen LogP) is 4.93. The molecule has 166 valence electrons. The van der Waals surface area contributed by atoms with E-state index in [0.29, 0.717) is 55.4 Å². The van der Waals surface area contributed by atoms with Crippen LogP contribution in [0.5, 0.6) is 5.75 Å². The molecule has 0 unspecified atom stereocenters. The molecule has 0 spiro atoms. The van der Waals surface area contributed by atoms with Gasteiger partial charge in [0.1, 0.15) is 12.4 Å². The lowest BCUT2D eigenvalue weighted by Crippen LogP contribution is -2.14. The molecule has 3 aromatic carbocycles. The number of hydrogen-bond donors (Lipinski definition) is 2. The summed E-state index contributed by atoms with van der Waals surface area (Å²) in [5.74, 6) is 0.331. The molecule has 0 aliphatic rings. The number of amides is 2. The number of hydrogen-bond acceptors (Lipinski definition) is 4. The van der Waals surface area contributed by atoms with Crippen molar-refractivity contribution in [3.8, 4) is 5.75 Å². The molecule has 0 saturated carbocycles. The molecule has 0 bridgehead atoms. The van der Waals surface area contributed by atoms with Crippen LogP contribution in [0.4, 0.5) is 11.4 Å². The van der Waals surface area contributed by atoms with Crippen LogP contribution in [0, 0.1) is 0 Å². The zero-order valence-corrected chi connectivity index (χ0v) is 18.2. The maximum atomic E-state index is 12.6. The van der Waals surface area contributed by atoms with E-state index in [0.717, 1.165) is 5.56 Å². The predicted molar refractivity (Wildman–Crippen MR) is 126 cm³/mol. The Morgan fingerprint density at radius 1 is 0.812 bits per heavy atom. The maximum absolute atomic E-state index is 12.6. The summed E-state index contributed by atoms with van der Waals surface area (Å²) in [7, 11) is 0. The van der Waals surface area contributed by atoms with Crippen LogP contribution in [0.1, 0.15) is 29.3 Å². The third-order valence-corrected chi connectivity index (χ3v) is 4.71. The monoisotopic (exact) mass is 432 g/mol. The number of anilines is 2.